The first-order valence-corrected chi connectivity index (χ1v) is 7.47. The molecular weight excluding hydrogens is 316 g/mol. The van der Waals surface area contributed by atoms with Gasteiger partial charge in [0, 0.05) is 12.1 Å². The van der Waals surface area contributed by atoms with Gasteiger partial charge in [-0.2, -0.15) is 0 Å². The summed E-state index contributed by atoms with van der Waals surface area (Å²) in [6, 6.07) is 2.67. The molecule has 1 aliphatic carbocycles. The van der Waals surface area contributed by atoms with Gasteiger partial charge in [0.15, 0.2) is 11.6 Å². The molecule has 1 N–H and O–H groups in total. The van der Waals surface area contributed by atoms with Crippen molar-refractivity contribution in [1.82, 2.24) is 5.32 Å². The molecule has 0 spiro atoms. The Morgan fingerprint density at radius 2 is 2.00 bits per heavy atom. The fraction of sp³-hybridized carbons (Fsp3) is 0.571. The average Bonchev–Trinajstić information content (AvgIpc) is 2.84. The third-order valence-corrected chi connectivity index (χ3v) is 3.91. The van der Waals surface area contributed by atoms with Gasteiger partial charge in [0.25, 0.3) is 0 Å². The first-order valence-electron chi connectivity index (χ1n) is 6.67. The SMILES string of the molecule is Fc1cc(F)c(OCCCNC2CCCC2)c(Br)c1. The molecule has 1 saturated carbocycles. The number of nitrogens with one attached hydrogen (secondary N) is 1. The van der Waals surface area contributed by atoms with Crippen molar-refractivity contribution in [1.29, 1.82) is 0 Å². The minimum absolute atomic E-state index is 0.0854. The molecule has 106 valence electrons. The summed E-state index contributed by atoms with van der Waals surface area (Å²) in [5, 5.41) is 3.46. The highest BCUT2D eigenvalue weighted by Crippen LogP contribution is 2.29. The summed E-state index contributed by atoms with van der Waals surface area (Å²) in [7, 11) is 0. The fourth-order valence-electron chi connectivity index (χ4n) is 2.35. The van der Waals surface area contributed by atoms with E-state index in [0.29, 0.717) is 17.1 Å². The largest absolute Gasteiger partial charge is 0.489 e. The molecule has 2 rings (SSSR count). The van der Waals surface area contributed by atoms with E-state index in [-0.39, 0.29) is 5.75 Å². The van der Waals surface area contributed by atoms with Crippen LogP contribution in [0.4, 0.5) is 8.78 Å². The van der Waals surface area contributed by atoms with Crippen LogP contribution in [-0.2, 0) is 0 Å². The zero-order chi connectivity index (χ0) is 13.7. The second-order valence-electron chi connectivity index (χ2n) is 4.84. The number of halogens is 3. The second kappa shape index (κ2) is 7.20. The first-order chi connectivity index (χ1) is 9.16. The highest BCUT2D eigenvalue weighted by molar-refractivity contribution is 9.10. The van der Waals surface area contributed by atoms with Crippen molar-refractivity contribution in [2.75, 3.05) is 13.2 Å². The number of ether oxygens (including phenoxy) is 1. The lowest BCUT2D eigenvalue weighted by Gasteiger charge is -2.13. The Kier molecular flexibility index (Phi) is 5.58. The second-order valence-corrected chi connectivity index (χ2v) is 5.69. The number of hydrogen-bond donors (Lipinski definition) is 1. The maximum atomic E-state index is 13.5. The molecular formula is C14H18BrF2NO. The molecule has 1 aromatic carbocycles. The summed E-state index contributed by atoms with van der Waals surface area (Å²) in [5.41, 5.74) is 0. The fourth-order valence-corrected chi connectivity index (χ4v) is 2.87. The highest BCUT2D eigenvalue weighted by atomic mass is 79.9. The zero-order valence-electron chi connectivity index (χ0n) is 10.7. The lowest BCUT2D eigenvalue weighted by molar-refractivity contribution is 0.287. The van der Waals surface area contributed by atoms with E-state index in [1.54, 1.807) is 0 Å². The standard InChI is InChI=1S/C14H18BrF2NO/c15-12-8-10(16)9-13(17)14(12)19-7-3-6-18-11-4-1-2-5-11/h8-9,11,18H,1-7H2. The van der Waals surface area contributed by atoms with Gasteiger partial charge in [0.05, 0.1) is 11.1 Å². The van der Waals surface area contributed by atoms with E-state index in [9.17, 15) is 8.78 Å². The van der Waals surface area contributed by atoms with Gasteiger partial charge in [-0.25, -0.2) is 8.78 Å². The van der Waals surface area contributed by atoms with Crippen LogP contribution in [0.25, 0.3) is 0 Å². The average molecular weight is 334 g/mol. The van der Waals surface area contributed by atoms with Gasteiger partial charge in [-0.15, -0.1) is 0 Å². The van der Waals surface area contributed by atoms with Crippen LogP contribution in [0, 0.1) is 11.6 Å². The number of rotatable bonds is 6. The number of benzene rings is 1. The molecule has 0 atom stereocenters. The molecule has 0 unspecified atom stereocenters. The van der Waals surface area contributed by atoms with Crippen molar-refractivity contribution in [2.45, 2.75) is 38.1 Å². The lowest BCUT2D eigenvalue weighted by atomic mass is 10.2. The van der Waals surface area contributed by atoms with Crippen LogP contribution >= 0.6 is 15.9 Å². The van der Waals surface area contributed by atoms with Crippen molar-refractivity contribution in [2.24, 2.45) is 0 Å². The topological polar surface area (TPSA) is 21.3 Å². The summed E-state index contributed by atoms with van der Waals surface area (Å²) in [6.45, 7) is 1.28. The van der Waals surface area contributed by atoms with Crippen LogP contribution in [0.3, 0.4) is 0 Å². The Morgan fingerprint density at radius 3 is 2.68 bits per heavy atom. The molecule has 1 aromatic rings. The van der Waals surface area contributed by atoms with Gasteiger partial charge in [-0.1, -0.05) is 12.8 Å². The van der Waals surface area contributed by atoms with Crippen LogP contribution in [0.2, 0.25) is 0 Å². The third-order valence-electron chi connectivity index (χ3n) is 3.32. The third kappa shape index (κ3) is 4.42. The predicted octanol–water partition coefficient (Wildman–Crippen LogP) is 4.03. The van der Waals surface area contributed by atoms with Gasteiger partial charge in [0.1, 0.15) is 5.82 Å². The van der Waals surface area contributed by atoms with Crippen LogP contribution < -0.4 is 10.1 Å². The van der Waals surface area contributed by atoms with Gasteiger partial charge in [-0.05, 0) is 47.8 Å². The van der Waals surface area contributed by atoms with E-state index in [1.165, 1.54) is 31.7 Å². The van der Waals surface area contributed by atoms with E-state index < -0.39 is 11.6 Å². The van der Waals surface area contributed by atoms with Gasteiger partial charge in [-0.3, -0.25) is 0 Å². The zero-order valence-corrected chi connectivity index (χ0v) is 12.3. The van der Waals surface area contributed by atoms with Crippen LogP contribution in [0.1, 0.15) is 32.1 Å². The molecule has 0 amide bonds. The van der Waals surface area contributed by atoms with E-state index in [1.807, 2.05) is 0 Å². The minimum Gasteiger partial charge on any atom is -0.489 e. The van der Waals surface area contributed by atoms with Crippen molar-refractivity contribution in [3.05, 3.63) is 28.2 Å². The first kappa shape index (κ1) is 14.7. The van der Waals surface area contributed by atoms with E-state index in [0.717, 1.165) is 19.0 Å². The summed E-state index contributed by atoms with van der Waals surface area (Å²) in [6.07, 6.45) is 5.92. The molecule has 0 bridgehead atoms. The van der Waals surface area contributed by atoms with E-state index >= 15 is 0 Å². The van der Waals surface area contributed by atoms with Crippen LogP contribution in [0.5, 0.6) is 5.75 Å². The molecule has 0 heterocycles. The van der Waals surface area contributed by atoms with Crippen LogP contribution in [-0.4, -0.2) is 19.2 Å². The molecule has 1 fully saturated rings. The van der Waals surface area contributed by atoms with Crippen molar-refractivity contribution >= 4 is 15.9 Å². The Morgan fingerprint density at radius 1 is 1.26 bits per heavy atom. The summed E-state index contributed by atoms with van der Waals surface area (Å²) < 4.78 is 32.0. The van der Waals surface area contributed by atoms with Gasteiger partial charge < -0.3 is 10.1 Å². The normalized spacial score (nSPS) is 15.9. The molecule has 0 saturated heterocycles. The van der Waals surface area contributed by atoms with Crippen molar-refractivity contribution in [3.8, 4) is 5.75 Å². The predicted molar refractivity (Wildman–Crippen MR) is 74.4 cm³/mol. The Balaban J connectivity index is 1.70. The van der Waals surface area contributed by atoms with Crippen molar-refractivity contribution < 1.29 is 13.5 Å². The Bertz CT molecular complexity index is 399. The van der Waals surface area contributed by atoms with E-state index in [2.05, 4.69) is 21.2 Å². The maximum absolute atomic E-state index is 13.5. The summed E-state index contributed by atoms with van der Waals surface area (Å²) in [4.78, 5) is 0. The Hall–Kier alpha value is -0.680. The molecule has 1 aliphatic rings. The highest BCUT2D eigenvalue weighted by Gasteiger charge is 2.14. The Labute approximate surface area is 120 Å². The van der Waals surface area contributed by atoms with E-state index in [4.69, 9.17) is 4.74 Å². The summed E-state index contributed by atoms with van der Waals surface area (Å²) in [5.74, 6) is -1.20. The lowest BCUT2D eigenvalue weighted by Crippen LogP contribution is -2.27. The van der Waals surface area contributed by atoms with Gasteiger partial charge >= 0.3 is 0 Å². The van der Waals surface area contributed by atoms with Gasteiger partial charge in [0.2, 0.25) is 0 Å². The van der Waals surface area contributed by atoms with Crippen molar-refractivity contribution in [3.63, 3.8) is 0 Å². The number of hydrogen-bond acceptors (Lipinski definition) is 2. The minimum atomic E-state index is -0.671. The molecule has 0 aromatic heterocycles. The molecule has 2 nitrogen and oxygen atoms in total. The smallest absolute Gasteiger partial charge is 0.169 e. The maximum Gasteiger partial charge on any atom is 0.169 e. The summed E-state index contributed by atoms with van der Waals surface area (Å²) >= 11 is 3.10. The monoisotopic (exact) mass is 333 g/mol. The molecule has 19 heavy (non-hydrogen) atoms. The molecule has 5 heteroatoms. The molecule has 0 aliphatic heterocycles. The molecule has 0 radical (unpaired) electrons. The quantitative estimate of drug-likeness (QED) is 0.793. The van der Waals surface area contributed by atoms with Crippen LogP contribution in [0.15, 0.2) is 16.6 Å².